The lowest BCUT2D eigenvalue weighted by Crippen LogP contribution is -1.87. The molecule has 104 valence electrons. The van der Waals surface area contributed by atoms with Crippen molar-refractivity contribution in [3.8, 4) is 11.3 Å². The van der Waals surface area contributed by atoms with Gasteiger partial charge in [0.25, 0.3) is 5.69 Å². The van der Waals surface area contributed by atoms with E-state index in [9.17, 15) is 14.9 Å². The number of nitro benzene ring substituents is 1. The fourth-order valence-corrected chi connectivity index (χ4v) is 2.41. The molecule has 1 N–H and O–H groups in total. The fourth-order valence-electron chi connectivity index (χ4n) is 2.28. The molecule has 0 aliphatic heterocycles. The Morgan fingerprint density at radius 1 is 1.14 bits per heavy atom. The smallest absolute Gasteiger partial charge is 0.270 e. The molecule has 0 fully saturated rings. The number of carbonyl (C=O) groups excluding carboxylic acids is 1. The van der Waals surface area contributed by atoms with Crippen molar-refractivity contribution < 1.29 is 9.72 Å². The number of benzene rings is 2. The maximum atomic E-state index is 11.4. The molecule has 3 rings (SSSR count). The summed E-state index contributed by atoms with van der Waals surface area (Å²) < 4.78 is 0. The normalized spacial score (nSPS) is 10.7. The third-order valence-corrected chi connectivity index (χ3v) is 3.54. The number of nitrogens with one attached hydrogen (secondary N) is 1. The molecule has 3 aromatic rings. The molecule has 0 saturated heterocycles. The summed E-state index contributed by atoms with van der Waals surface area (Å²) in [5, 5.41) is 12.0. The number of hydrogen-bond acceptors (Lipinski definition) is 3. The number of fused-ring (bicyclic) bond motifs is 1. The topological polar surface area (TPSA) is 76.0 Å². The molecule has 0 aliphatic rings. The van der Waals surface area contributed by atoms with Crippen molar-refractivity contribution in [3.05, 3.63) is 63.2 Å². The maximum Gasteiger partial charge on any atom is 0.270 e. The van der Waals surface area contributed by atoms with Crippen LogP contribution in [-0.2, 0) is 0 Å². The predicted molar refractivity (Wildman–Crippen MR) is 80.8 cm³/mol. The summed E-state index contributed by atoms with van der Waals surface area (Å²) in [6.45, 7) is 0. The first-order valence-corrected chi connectivity index (χ1v) is 6.49. The molecule has 0 saturated carbocycles. The van der Waals surface area contributed by atoms with Gasteiger partial charge in [-0.2, -0.15) is 0 Å². The van der Waals surface area contributed by atoms with Gasteiger partial charge in [0.2, 0.25) is 0 Å². The maximum absolute atomic E-state index is 11.4. The van der Waals surface area contributed by atoms with Crippen LogP contribution in [-0.4, -0.2) is 16.2 Å². The van der Waals surface area contributed by atoms with E-state index in [4.69, 9.17) is 11.6 Å². The summed E-state index contributed by atoms with van der Waals surface area (Å²) >= 11 is 5.85. The molecular formula is C15H9ClN2O3. The van der Waals surface area contributed by atoms with Gasteiger partial charge in [-0.1, -0.05) is 23.7 Å². The van der Waals surface area contributed by atoms with Gasteiger partial charge in [0.1, 0.15) is 0 Å². The zero-order chi connectivity index (χ0) is 15.0. The fraction of sp³-hybridized carbons (Fsp3) is 0. The number of aromatic amines is 1. The van der Waals surface area contributed by atoms with Crippen molar-refractivity contribution in [1.82, 2.24) is 4.98 Å². The van der Waals surface area contributed by atoms with E-state index in [1.807, 2.05) is 0 Å². The molecule has 1 aromatic heterocycles. The summed E-state index contributed by atoms with van der Waals surface area (Å²) in [5.41, 5.74) is 2.44. The standard InChI is InChI=1S/C15H9ClN2O3/c16-10-3-1-9(2-4-10)15-13(8-19)12-7-11(18(20)21)5-6-14(12)17-15/h1-8,17H. The number of nitro groups is 1. The van der Waals surface area contributed by atoms with Crippen LogP contribution >= 0.6 is 11.6 Å². The van der Waals surface area contributed by atoms with Crippen molar-refractivity contribution in [2.45, 2.75) is 0 Å². The van der Waals surface area contributed by atoms with E-state index < -0.39 is 4.92 Å². The van der Waals surface area contributed by atoms with Gasteiger partial charge in [-0.15, -0.1) is 0 Å². The lowest BCUT2D eigenvalue weighted by atomic mass is 10.1. The van der Waals surface area contributed by atoms with Gasteiger partial charge in [-0.25, -0.2) is 0 Å². The molecule has 1 heterocycles. The Morgan fingerprint density at radius 2 is 1.86 bits per heavy atom. The summed E-state index contributed by atoms with van der Waals surface area (Å²) in [6.07, 6.45) is 0.701. The molecular weight excluding hydrogens is 292 g/mol. The minimum Gasteiger partial charge on any atom is -0.354 e. The highest BCUT2D eigenvalue weighted by Gasteiger charge is 2.15. The molecule has 0 bridgehead atoms. The highest BCUT2D eigenvalue weighted by molar-refractivity contribution is 6.30. The highest BCUT2D eigenvalue weighted by atomic mass is 35.5. The molecule has 2 aromatic carbocycles. The van der Waals surface area contributed by atoms with Crippen LogP contribution in [0.2, 0.25) is 5.02 Å². The molecule has 5 nitrogen and oxygen atoms in total. The molecule has 0 spiro atoms. The van der Waals surface area contributed by atoms with Crippen molar-refractivity contribution in [2.24, 2.45) is 0 Å². The van der Waals surface area contributed by atoms with Crippen molar-refractivity contribution >= 4 is 34.5 Å². The number of hydrogen-bond donors (Lipinski definition) is 1. The minimum atomic E-state index is -0.483. The number of halogens is 1. The SMILES string of the molecule is O=Cc1c(-c2ccc(Cl)cc2)[nH]c2ccc([N+](=O)[O-])cc12. The lowest BCUT2D eigenvalue weighted by molar-refractivity contribution is -0.384. The minimum absolute atomic E-state index is 0.0488. The van der Waals surface area contributed by atoms with Crippen LogP contribution in [0.1, 0.15) is 10.4 Å². The van der Waals surface area contributed by atoms with Crippen LogP contribution in [0.25, 0.3) is 22.2 Å². The predicted octanol–water partition coefficient (Wildman–Crippen LogP) is 4.21. The highest BCUT2D eigenvalue weighted by Crippen LogP contribution is 2.31. The molecule has 0 atom stereocenters. The van der Waals surface area contributed by atoms with Gasteiger partial charge in [0, 0.05) is 33.6 Å². The first-order valence-electron chi connectivity index (χ1n) is 6.11. The number of aldehydes is 1. The second-order valence-electron chi connectivity index (χ2n) is 4.53. The first-order chi connectivity index (χ1) is 10.1. The number of aromatic nitrogens is 1. The monoisotopic (exact) mass is 300 g/mol. The van der Waals surface area contributed by atoms with Crippen LogP contribution in [0, 0.1) is 10.1 Å². The average Bonchev–Trinajstić information content (AvgIpc) is 2.85. The summed E-state index contributed by atoms with van der Waals surface area (Å²) in [5.74, 6) is 0. The van der Waals surface area contributed by atoms with Crippen molar-refractivity contribution in [1.29, 1.82) is 0 Å². The Balaban J connectivity index is 2.26. The molecule has 0 unspecified atom stereocenters. The Hall–Kier alpha value is -2.66. The number of nitrogens with zero attached hydrogens (tertiary/aromatic N) is 1. The first kappa shape index (κ1) is 13.3. The molecule has 0 aliphatic carbocycles. The number of H-pyrrole nitrogens is 1. The number of carbonyl (C=O) groups is 1. The molecule has 0 radical (unpaired) electrons. The van der Waals surface area contributed by atoms with Crippen LogP contribution in [0.15, 0.2) is 42.5 Å². The third kappa shape index (κ3) is 2.28. The zero-order valence-corrected chi connectivity index (χ0v) is 11.4. The van der Waals surface area contributed by atoms with Gasteiger partial charge in [0.15, 0.2) is 6.29 Å². The summed E-state index contributed by atoms with van der Waals surface area (Å²) in [6, 6.07) is 11.4. The van der Waals surface area contributed by atoms with Gasteiger partial charge < -0.3 is 4.98 Å². The largest absolute Gasteiger partial charge is 0.354 e. The van der Waals surface area contributed by atoms with E-state index in [0.29, 0.717) is 33.5 Å². The second kappa shape index (κ2) is 5.03. The van der Waals surface area contributed by atoms with E-state index in [1.54, 1.807) is 30.3 Å². The van der Waals surface area contributed by atoms with Crippen LogP contribution in [0.4, 0.5) is 5.69 Å². The van der Waals surface area contributed by atoms with Crippen LogP contribution in [0.5, 0.6) is 0 Å². The summed E-state index contributed by atoms with van der Waals surface area (Å²) in [4.78, 5) is 24.9. The summed E-state index contributed by atoms with van der Waals surface area (Å²) in [7, 11) is 0. The molecule has 0 amide bonds. The van der Waals surface area contributed by atoms with E-state index in [-0.39, 0.29) is 5.69 Å². The Morgan fingerprint density at radius 3 is 2.48 bits per heavy atom. The van der Waals surface area contributed by atoms with Gasteiger partial charge in [0.05, 0.1) is 10.6 Å². The Bertz CT molecular complexity index is 853. The quantitative estimate of drug-likeness (QED) is 0.447. The lowest BCUT2D eigenvalue weighted by Gasteiger charge is -1.99. The van der Waals surface area contributed by atoms with Gasteiger partial charge in [-0.3, -0.25) is 14.9 Å². The molecule has 6 heteroatoms. The Kier molecular flexibility index (Phi) is 3.19. The van der Waals surface area contributed by atoms with Gasteiger partial charge in [-0.05, 0) is 23.8 Å². The third-order valence-electron chi connectivity index (χ3n) is 3.28. The van der Waals surface area contributed by atoms with Gasteiger partial charge >= 0.3 is 0 Å². The Labute approximate surface area is 124 Å². The average molecular weight is 301 g/mol. The zero-order valence-electron chi connectivity index (χ0n) is 10.7. The number of non-ortho nitro benzene ring substituents is 1. The van der Waals surface area contributed by atoms with Crippen molar-refractivity contribution in [2.75, 3.05) is 0 Å². The van der Waals surface area contributed by atoms with E-state index in [0.717, 1.165) is 5.56 Å². The number of rotatable bonds is 3. The van der Waals surface area contributed by atoms with E-state index >= 15 is 0 Å². The van der Waals surface area contributed by atoms with Crippen LogP contribution in [0.3, 0.4) is 0 Å². The molecule has 21 heavy (non-hydrogen) atoms. The van der Waals surface area contributed by atoms with E-state index in [1.165, 1.54) is 12.1 Å². The van der Waals surface area contributed by atoms with E-state index in [2.05, 4.69) is 4.98 Å². The van der Waals surface area contributed by atoms with Crippen molar-refractivity contribution in [3.63, 3.8) is 0 Å². The second-order valence-corrected chi connectivity index (χ2v) is 4.96. The van der Waals surface area contributed by atoms with Crippen LogP contribution < -0.4 is 0 Å².